The van der Waals surface area contributed by atoms with Crippen molar-refractivity contribution in [2.45, 2.75) is 6.42 Å². The second-order valence-corrected chi connectivity index (χ2v) is 8.78. The van der Waals surface area contributed by atoms with E-state index in [0.29, 0.717) is 11.4 Å². The molecule has 6 nitrogen and oxygen atoms in total. The molecular weight excluding hydrogens is 444 g/mol. The number of carbonyl (C=O) groups excluding carboxylic acids is 2. The molecule has 0 aliphatic carbocycles. The lowest BCUT2D eigenvalue weighted by molar-refractivity contribution is -0.146. The first kappa shape index (κ1) is 21.7. The van der Waals surface area contributed by atoms with Gasteiger partial charge in [-0.05, 0) is 23.6 Å². The maximum absolute atomic E-state index is 12.5. The third kappa shape index (κ3) is 5.40. The smallest absolute Gasteiger partial charge is 0.311 e. The summed E-state index contributed by atoms with van der Waals surface area (Å²) >= 11 is 3.03. The van der Waals surface area contributed by atoms with E-state index in [4.69, 9.17) is 14.5 Å². The highest BCUT2D eigenvalue weighted by atomic mass is 32.1. The number of nitrogens with one attached hydrogen (secondary N) is 1. The third-order valence-electron chi connectivity index (χ3n) is 4.50. The first-order chi connectivity index (χ1) is 15.6. The molecule has 0 aliphatic heterocycles. The summed E-state index contributed by atoms with van der Waals surface area (Å²) in [7, 11) is 1.55. The van der Waals surface area contributed by atoms with Crippen LogP contribution in [0.1, 0.15) is 4.88 Å². The van der Waals surface area contributed by atoms with Crippen molar-refractivity contribution < 1.29 is 19.1 Å². The van der Waals surface area contributed by atoms with Crippen molar-refractivity contribution in [2.24, 2.45) is 0 Å². The van der Waals surface area contributed by atoms with Crippen LogP contribution in [0, 0.1) is 0 Å². The van der Waals surface area contributed by atoms with Gasteiger partial charge in [-0.3, -0.25) is 9.59 Å². The molecular formula is C24H20N2O4S2. The van der Waals surface area contributed by atoms with Gasteiger partial charge in [-0.1, -0.05) is 42.5 Å². The van der Waals surface area contributed by atoms with Crippen molar-refractivity contribution in [1.29, 1.82) is 0 Å². The summed E-state index contributed by atoms with van der Waals surface area (Å²) in [6.07, 6.45) is 0.0458. The Morgan fingerprint density at radius 3 is 2.62 bits per heavy atom. The lowest BCUT2D eigenvalue weighted by Crippen LogP contribution is -2.21. The molecule has 32 heavy (non-hydrogen) atoms. The van der Waals surface area contributed by atoms with Gasteiger partial charge in [-0.15, -0.1) is 22.7 Å². The Hall–Kier alpha value is -3.49. The average Bonchev–Trinajstić information content (AvgIpc) is 3.48. The number of benzene rings is 2. The van der Waals surface area contributed by atoms with Gasteiger partial charge < -0.3 is 14.8 Å². The molecule has 0 spiro atoms. The predicted molar refractivity (Wildman–Crippen MR) is 127 cm³/mol. The molecule has 1 amide bonds. The monoisotopic (exact) mass is 464 g/mol. The Morgan fingerprint density at radius 2 is 1.88 bits per heavy atom. The van der Waals surface area contributed by atoms with Crippen molar-refractivity contribution in [1.82, 2.24) is 4.98 Å². The van der Waals surface area contributed by atoms with Crippen LogP contribution >= 0.6 is 22.7 Å². The molecule has 0 fully saturated rings. The van der Waals surface area contributed by atoms with Crippen LogP contribution in [0.3, 0.4) is 0 Å². The van der Waals surface area contributed by atoms with Crippen LogP contribution in [0.4, 0.5) is 5.69 Å². The maximum Gasteiger partial charge on any atom is 0.311 e. The molecule has 0 saturated carbocycles. The average molecular weight is 465 g/mol. The van der Waals surface area contributed by atoms with E-state index < -0.39 is 11.9 Å². The van der Waals surface area contributed by atoms with Gasteiger partial charge in [0.1, 0.15) is 10.8 Å². The molecule has 162 valence electrons. The van der Waals surface area contributed by atoms with Crippen LogP contribution in [-0.2, 0) is 20.7 Å². The fraction of sp³-hybridized carbons (Fsp3) is 0.125. The number of amides is 1. The summed E-state index contributed by atoms with van der Waals surface area (Å²) < 4.78 is 10.4. The topological polar surface area (TPSA) is 77.5 Å². The summed E-state index contributed by atoms with van der Waals surface area (Å²) in [5.41, 5.74) is 2.34. The molecule has 2 heterocycles. The van der Waals surface area contributed by atoms with E-state index in [1.165, 1.54) is 11.3 Å². The minimum atomic E-state index is -0.480. The molecule has 0 bridgehead atoms. The van der Waals surface area contributed by atoms with E-state index in [9.17, 15) is 9.59 Å². The van der Waals surface area contributed by atoms with Crippen molar-refractivity contribution >= 4 is 40.2 Å². The number of rotatable bonds is 8. The number of nitrogens with zero attached hydrogens (tertiary/aromatic N) is 1. The van der Waals surface area contributed by atoms with Crippen molar-refractivity contribution in [3.8, 4) is 26.9 Å². The highest BCUT2D eigenvalue weighted by Crippen LogP contribution is 2.36. The molecule has 1 N–H and O–H groups in total. The van der Waals surface area contributed by atoms with Gasteiger partial charge in [0.2, 0.25) is 0 Å². The van der Waals surface area contributed by atoms with Crippen LogP contribution in [0.15, 0.2) is 72.1 Å². The van der Waals surface area contributed by atoms with Crippen LogP contribution < -0.4 is 10.1 Å². The van der Waals surface area contributed by atoms with Gasteiger partial charge in [-0.2, -0.15) is 0 Å². The highest BCUT2D eigenvalue weighted by Gasteiger charge is 2.19. The zero-order valence-corrected chi connectivity index (χ0v) is 18.9. The first-order valence-electron chi connectivity index (χ1n) is 9.81. The van der Waals surface area contributed by atoms with Crippen molar-refractivity contribution in [3.05, 3.63) is 77.0 Å². The van der Waals surface area contributed by atoms with E-state index in [1.54, 1.807) is 42.7 Å². The Balaban J connectivity index is 1.42. The van der Waals surface area contributed by atoms with E-state index >= 15 is 0 Å². The summed E-state index contributed by atoms with van der Waals surface area (Å²) in [4.78, 5) is 31.2. The highest BCUT2D eigenvalue weighted by molar-refractivity contribution is 7.17. The second kappa shape index (κ2) is 10.2. The molecule has 8 heteroatoms. The Bertz CT molecular complexity index is 1200. The minimum Gasteiger partial charge on any atom is -0.497 e. The summed E-state index contributed by atoms with van der Waals surface area (Å²) in [6, 6.07) is 20.7. The van der Waals surface area contributed by atoms with Gasteiger partial charge in [-0.25, -0.2) is 4.98 Å². The van der Waals surface area contributed by atoms with E-state index in [0.717, 1.165) is 26.0 Å². The van der Waals surface area contributed by atoms with Crippen LogP contribution in [0.5, 0.6) is 5.75 Å². The molecule has 0 radical (unpaired) electrons. The first-order valence-corrected chi connectivity index (χ1v) is 11.5. The maximum atomic E-state index is 12.5. The number of hydrogen-bond acceptors (Lipinski definition) is 7. The lowest BCUT2D eigenvalue weighted by Gasteiger charge is -2.08. The van der Waals surface area contributed by atoms with Gasteiger partial charge in [0, 0.05) is 22.2 Å². The number of aromatic nitrogens is 1. The standard InChI is InChI=1S/C24H20N2O4S2/c1-29-18-10-5-9-17(13-18)25-21(27)15-30-22(28)14-20-23(19-11-6-12-31-19)26-24(32-20)16-7-3-2-4-8-16/h2-13H,14-15H2,1H3,(H,25,27). The summed E-state index contributed by atoms with van der Waals surface area (Å²) in [6.45, 7) is -0.366. The number of carbonyl (C=O) groups is 2. The Kier molecular flexibility index (Phi) is 6.94. The van der Waals surface area contributed by atoms with E-state index in [2.05, 4.69) is 5.32 Å². The number of thiophene rings is 1. The predicted octanol–water partition coefficient (Wildman–Crippen LogP) is 5.27. The molecule has 0 unspecified atom stereocenters. The SMILES string of the molecule is COc1cccc(NC(=O)COC(=O)Cc2sc(-c3ccccc3)nc2-c2cccs2)c1. The van der Waals surface area contributed by atoms with Gasteiger partial charge in [0.25, 0.3) is 5.91 Å². The molecule has 2 aromatic carbocycles. The van der Waals surface area contributed by atoms with E-state index in [1.807, 2.05) is 47.8 Å². The quantitative estimate of drug-likeness (QED) is 0.359. The number of thiazole rings is 1. The Labute approximate surface area is 193 Å². The molecule has 0 saturated heterocycles. The molecule has 0 atom stereocenters. The van der Waals surface area contributed by atoms with Gasteiger partial charge in [0.05, 0.1) is 24.1 Å². The molecule has 0 aliphatic rings. The van der Waals surface area contributed by atoms with Crippen LogP contribution in [0.2, 0.25) is 0 Å². The minimum absolute atomic E-state index is 0.0458. The fourth-order valence-corrected chi connectivity index (χ4v) is 4.88. The molecule has 2 aromatic heterocycles. The third-order valence-corrected chi connectivity index (χ3v) is 6.48. The Morgan fingerprint density at radius 1 is 1.03 bits per heavy atom. The zero-order valence-electron chi connectivity index (χ0n) is 17.2. The summed E-state index contributed by atoms with van der Waals surface area (Å²) in [5.74, 6) is -0.272. The fourth-order valence-electron chi connectivity index (χ4n) is 3.01. The lowest BCUT2D eigenvalue weighted by atomic mass is 10.2. The van der Waals surface area contributed by atoms with Crippen LogP contribution in [0.25, 0.3) is 21.1 Å². The molecule has 4 rings (SSSR count). The van der Waals surface area contributed by atoms with Crippen molar-refractivity contribution in [3.63, 3.8) is 0 Å². The summed E-state index contributed by atoms with van der Waals surface area (Å²) in [5, 5.41) is 5.51. The number of methoxy groups -OCH3 is 1. The van der Waals surface area contributed by atoms with Gasteiger partial charge >= 0.3 is 5.97 Å². The molecule has 4 aromatic rings. The second-order valence-electron chi connectivity index (χ2n) is 6.75. The van der Waals surface area contributed by atoms with Gasteiger partial charge in [0.15, 0.2) is 6.61 Å². The number of anilines is 1. The van der Waals surface area contributed by atoms with E-state index in [-0.39, 0.29) is 13.0 Å². The van der Waals surface area contributed by atoms with Crippen molar-refractivity contribution in [2.75, 3.05) is 19.0 Å². The normalized spacial score (nSPS) is 10.5. The number of ether oxygens (including phenoxy) is 2. The largest absolute Gasteiger partial charge is 0.497 e. The number of hydrogen-bond donors (Lipinski definition) is 1. The number of esters is 1. The van der Waals surface area contributed by atoms with Crippen LogP contribution in [-0.4, -0.2) is 30.6 Å². The zero-order chi connectivity index (χ0) is 22.3.